The molecule has 35 heavy (non-hydrogen) atoms. The third kappa shape index (κ3) is 4.34. The zero-order chi connectivity index (χ0) is 23.8. The van der Waals surface area contributed by atoms with Crippen LogP contribution in [0.3, 0.4) is 0 Å². The van der Waals surface area contributed by atoms with Gasteiger partial charge in [-0.05, 0) is 62.3 Å². The molecule has 6 rings (SSSR count). The van der Waals surface area contributed by atoms with Crippen LogP contribution in [-0.2, 0) is 19.3 Å². The van der Waals surface area contributed by atoms with Crippen LogP contribution in [0.5, 0.6) is 0 Å². The first-order valence-electron chi connectivity index (χ1n) is 12.4. The van der Waals surface area contributed by atoms with Gasteiger partial charge in [-0.3, -0.25) is 9.78 Å². The summed E-state index contributed by atoms with van der Waals surface area (Å²) in [5, 5.41) is 7.65. The molecule has 1 aromatic carbocycles. The Labute approximate surface area is 204 Å². The molecule has 0 saturated heterocycles. The fraction of sp³-hybridized carbons (Fsp3) is 0.321. The highest BCUT2D eigenvalue weighted by Crippen LogP contribution is 2.42. The fourth-order valence-electron chi connectivity index (χ4n) is 4.93. The van der Waals surface area contributed by atoms with E-state index < -0.39 is 0 Å². The zero-order valence-electron chi connectivity index (χ0n) is 19.9. The van der Waals surface area contributed by atoms with Crippen molar-refractivity contribution in [3.8, 4) is 17.2 Å². The van der Waals surface area contributed by atoms with E-state index in [1.54, 1.807) is 10.9 Å². The van der Waals surface area contributed by atoms with Crippen molar-refractivity contribution in [1.82, 2.24) is 30.0 Å². The Bertz CT molecular complexity index is 1400. The molecule has 0 unspecified atom stereocenters. The van der Waals surface area contributed by atoms with E-state index in [0.29, 0.717) is 30.4 Å². The Morgan fingerprint density at radius 1 is 1.03 bits per heavy atom. The van der Waals surface area contributed by atoms with Gasteiger partial charge in [0.15, 0.2) is 0 Å². The molecular weight excluding hydrogens is 436 g/mol. The number of rotatable bonds is 6. The average Bonchev–Trinajstić information content (AvgIpc) is 3.65. The molecule has 3 heterocycles. The van der Waals surface area contributed by atoms with Crippen molar-refractivity contribution >= 4 is 5.91 Å². The summed E-state index contributed by atoms with van der Waals surface area (Å²) in [5.74, 6) is 0.739. The second-order valence-corrected chi connectivity index (χ2v) is 9.46. The van der Waals surface area contributed by atoms with Gasteiger partial charge in [-0.25, -0.2) is 14.6 Å². The fourth-order valence-corrected chi connectivity index (χ4v) is 4.93. The highest BCUT2D eigenvalue weighted by atomic mass is 16.1. The van der Waals surface area contributed by atoms with Crippen molar-refractivity contribution in [2.24, 2.45) is 0 Å². The van der Waals surface area contributed by atoms with E-state index in [1.165, 1.54) is 16.7 Å². The molecule has 3 aromatic heterocycles. The van der Waals surface area contributed by atoms with Crippen LogP contribution in [0.2, 0.25) is 0 Å². The maximum atomic E-state index is 13.1. The van der Waals surface area contributed by atoms with Gasteiger partial charge in [0.05, 0.1) is 23.1 Å². The Morgan fingerprint density at radius 2 is 1.89 bits per heavy atom. The van der Waals surface area contributed by atoms with Crippen LogP contribution in [0.1, 0.15) is 63.7 Å². The van der Waals surface area contributed by atoms with Gasteiger partial charge in [0.2, 0.25) is 0 Å². The number of carbonyl (C=O) groups excluding carboxylic acids is 1. The summed E-state index contributed by atoms with van der Waals surface area (Å²) < 4.78 is 1.78. The highest BCUT2D eigenvalue weighted by molar-refractivity contribution is 5.95. The third-order valence-electron chi connectivity index (χ3n) is 6.83. The predicted molar refractivity (Wildman–Crippen MR) is 134 cm³/mol. The normalized spacial score (nSPS) is 14.7. The Morgan fingerprint density at radius 3 is 2.74 bits per heavy atom. The Balaban J connectivity index is 1.28. The molecule has 7 heteroatoms. The van der Waals surface area contributed by atoms with Crippen molar-refractivity contribution in [2.45, 2.75) is 51.4 Å². The molecule has 4 aromatic rings. The molecule has 1 N–H and O–H groups in total. The summed E-state index contributed by atoms with van der Waals surface area (Å²) in [4.78, 5) is 27.3. The second-order valence-electron chi connectivity index (χ2n) is 9.46. The average molecular weight is 465 g/mol. The van der Waals surface area contributed by atoms with E-state index in [4.69, 9.17) is 4.98 Å². The number of hydrogen-bond acceptors (Lipinski definition) is 5. The van der Waals surface area contributed by atoms with E-state index in [1.807, 2.05) is 31.3 Å². The number of carbonyl (C=O) groups is 1. The van der Waals surface area contributed by atoms with Gasteiger partial charge < -0.3 is 5.32 Å². The molecular formula is C28H28N6O. The number of fused-ring (bicyclic) bond motifs is 3. The standard InChI is InChI=1S/C28H28N6O/c1-18-6-4-10-22(32-18)14-15-29-27(35)24-17-31-34(26(24)20-12-13-20)28-30-16-21-9-5-8-19-7-2-3-11-23(19)25(21)33-28/h2-4,6-7,10-11,16-17,20H,5,8-9,12-15H2,1H3,(H,29,35). The van der Waals surface area contributed by atoms with Crippen molar-refractivity contribution in [3.05, 3.63) is 88.6 Å². The number of nitrogens with one attached hydrogen (secondary N) is 1. The quantitative estimate of drug-likeness (QED) is 0.458. The number of nitrogens with zero attached hydrogens (tertiary/aromatic N) is 5. The van der Waals surface area contributed by atoms with E-state index >= 15 is 0 Å². The molecule has 1 saturated carbocycles. The summed E-state index contributed by atoms with van der Waals surface area (Å²) in [6, 6.07) is 14.4. The predicted octanol–water partition coefficient (Wildman–Crippen LogP) is 4.37. The highest BCUT2D eigenvalue weighted by Gasteiger charge is 2.33. The molecule has 1 amide bonds. The minimum Gasteiger partial charge on any atom is -0.352 e. The lowest BCUT2D eigenvalue weighted by Gasteiger charge is -2.12. The van der Waals surface area contributed by atoms with Crippen LogP contribution in [0.15, 0.2) is 54.9 Å². The molecule has 0 spiro atoms. The van der Waals surface area contributed by atoms with Crippen LogP contribution in [0.4, 0.5) is 0 Å². The first-order chi connectivity index (χ1) is 17.2. The molecule has 0 atom stereocenters. The first-order valence-corrected chi connectivity index (χ1v) is 12.4. The molecule has 7 nitrogen and oxygen atoms in total. The number of pyridine rings is 1. The van der Waals surface area contributed by atoms with Crippen LogP contribution in [-0.4, -0.2) is 37.2 Å². The third-order valence-corrected chi connectivity index (χ3v) is 6.83. The minimum atomic E-state index is -0.106. The second kappa shape index (κ2) is 9.06. The summed E-state index contributed by atoms with van der Waals surface area (Å²) in [6.07, 6.45) is 9.48. The summed E-state index contributed by atoms with van der Waals surface area (Å²) >= 11 is 0. The van der Waals surface area contributed by atoms with Crippen molar-refractivity contribution < 1.29 is 4.79 Å². The van der Waals surface area contributed by atoms with E-state index in [2.05, 4.69) is 44.6 Å². The number of aromatic nitrogens is 5. The Kier molecular flexibility index (Phi) is 5.60. The summed E-state index contributed by atoms with van der Waals surface area (Å²) in [7, 11) is 0. The lowest BCUT2D eigenvalue weighted by Crippen LogP contribution is -2.26. The number of amides is 1. The van der Waals surface area contributed by atoms with Crippen molar-refractivity contribution in [1.29, 1.82) is 0 Å². The van der Waals surface area contributed by atoms with Gasteiger partial charge in [0.1, 0.15) is 0 Å². The van der Waals surface area contributed by atoms with Crippen LogP contribution < -0.4 is 5.32 Å². The minimum absolute atomic E-state index is 0.106. The summed E-state index contributed by atoms with van der Waals surface area (Å²) in [6.45, 7) is 2.50. The molecule has 2 aliphatic rings. The monoisotopic (exact) mass is 464 g/mol. The molecule has 0 radical (unpaired) electrons. The largest absolute Gasteiger partial charge is 0.352 e. The molecule has 0 bridgehead atoms. The molecule has 1 fully saturated rings. The van der Waals surface area contributed by atoms with E-state index in [-0.39, 0.29) is 5.91 Å². The number of aryl methyl sites for hydroxylation is 3. The van der Waals surface area contributed by atoms with Crippen LogP contribution in [0.25, 0.3) is 17.2 Å². The van der Waals surface area contributed by atoms with Gasteiger partial charge in [0, 0.05) is 42.0 Å². The van der Waals surface area contributed by atoms with Gasteiger partial charge >= 0.3 is 0 Å². The van der Waals surface area contributed by atoms with Crippen molar-refractivity contribution in [3.63, 3.8) is 0 Å². The molecule has 0 aliphatic heterocycles. The zero-order valence-corrected chi connectivity index (χ0v) is 19.9. The lowest BCUT2D eigenvalue weighted by molar-refractivity contribution is 0.0953. The maximum Gasteiger partial charge on any atom is 0.254 e. The maximum absolute atomic E-state index is 13.1. The number of benzene rings is 1. The van der Waals surface area contributed by atoms with Gasteiger partial charge in [-0.15, -0.1) is 0 Å². The van der Waals surface area contributed by atoms with Crippen LogP contribution in [0, 0.1) is 6.92 Å². The SMILES string of the molecule is Cc1cccc(CCNC(=O)c2cnn(-c3ncc4c(n3)-c3ccccc3CCC4)c2C2CC2)n1. The van der Waals surface area contributed by atoms with E-state index in [0.717, 1.165) is 54.9 Å². The molecule has 2 aliphatic carbocycles. The van der Waals surface area contributed by atoms with Gasteiger partial charge in [-0.2, -0.15) is 5.10 Å². The Hall–Kier alpha value is -3.87. The summed E-state index contributed by atoms with van der Waals surface area (Å²) in [5.41, 5.74) is 8.13. The number of hydrogen-bond donors (Lipinski definition) is 1. The van der Waals surface area contributed by atoms with Gasteiger partial charge in [0.25, 0.3) is 11.9 Å². The van der Waals surface area contributed by atoms with Gasteiger partial charge in [-0.1, -0.05) is 30.3 Å². The van der Waals surface area contributed by atoms with Crippen LogP contribution >= 0.6 is 0 Å². The van der Waals surface area contributed by atoms with E-state index in [9.17, 15) is 4.79 Å². The topological polar surface area (TPSA) is 85.6 Å². The smallest absolute Gasteiger partial charge is 0.254 e. The van der Waals surface area contributed by atoms with Crippen molar-refractivity contribution in [2.75, 3.05) is 6.54 Å². The lowest BCUT2D eigenvalue weighted by atomic mass is 10.0. The first kappa shape index (κ1) is 21.6. The molecule has 176 valence electrons.